The largest absolute Gasteiger partial charge is 0.396 e. The third-order valence-electron chi connectivity index (χ3n) is 4.49. The minimum absolute atomic E-state index is 0.113. The maximum atomic E-state index is 11.1. The number of epoxide rings is 1. The van der Waals surface area contributed by atoms with Gasteiger partial charge >= 0.3 is 0 Å². The Balaban J connectivity index is 1.76. The van der Waals surface area contributed by atoms with Gasteiger partial charge in [0.1, 0.15) is 12.7 Å². The zero-order valence-corrected chi connectivity index (χ0v) is 15.1. The monoisotopic (exact) mass is 351 g/mol. The molecule has 1 atom stereocenters. The van der Waals surface area contributed by atoms with Crippen molar-refractivity contribution in [3.63, 3.8) is 0 Å². The van der Waals surface area contributed by atoms with Crippen molar-refractivity contribution in [3.05, 3.63) is 29.3 Å². The molecular weight excluding hydrogens is 320 g/mol. The lowest BCUT2D eigenvalue weighted by atomic mass is 9.97. The van der Waals surface area contributed by atoms with Crippen molar-refractivity contribution in [2.75, 3.05) is 26.4 Å². The number of hydrogen-bond donors (Lipinski definition) is 1. The average Bonchev–Trinajstić information content (AvgIpc) is 3.43. The molecular formula is C20H31O5. The molecule has 25 heavy (non-hydrogen) atoms. The summed E-state index contributed by atoms with van der Waals surface area (Å²) >= 11 is 0. The van der Waals surface area contributed by atoms with Gasteiger partial charge < -0.3 is 14.7 Å². The molecule has 141 valence electrons. The van der Waals surface area contributed by atoms with Gasteiger partial charge in [-0.05, 0) is 37.3 Å². The fraction of sp³-hybridized carbons (Fsp3) is 0.700. The van der Waals surface area contributed by atoms with Gasteiger partial charge in [-0.1, -0.05) is 44.2 Å². The van der Waals surface area contributed by atoms with E-state index in [4.69, 9.17) is 19.6 Å². The Labute approximate surface area is 150 Å². The molecule has 1 aromatic rings. The normalized spacial score (nSPS) is 16.2. The van der Waals surface area contributed by atoms with Gasteiger partial charge in [0.05, 0.1) is 13.2 Å². The van der Waals surface area contributed by atoms with E-state index in [-0.39, 0.29) is 12.7 Å². The van der Waals surface area contributed by atoms with Crippen LogP contribution in [0.1, 0.15) is 56.1 Å². The van der Waals surface area contributed by atoms with Crippen molar-refractivity contribution in [3.8, 4) is 5.75 Å². The van der Waals surface area contributed by atoms with E-state index in [1.54, 1.807) is 0 Å². The molecule has 0 amide bonds. The topological polar surface area (TPSA) is 71.1 Å². The van der Waals surface area contributed by atoms with Crippen LogP contribution in [-0.4, -0.2) is 37.6 Å². The summed E-state index contributed by atoms with van der Waals surface area (Å²) < 4.78 is 5.11. The number of unbranched alkanes of at least 4 members (excludes halogenated alkanes) is 6. The first kappa shape index (κ1) is 20.2. The predicted molar refractivity (Wildman–Crippen MR) is 95.1 cm³/mol. The number of aliphatic hydroxyl groups is 1. The molecule has 5 nitrogen and oxygen atoms in total. The summed E-state index contributed by atoms with van der Waals surface area (Å²) in [6, 6.07) is 5.84. The third-order valence-corrected chi connectivity index (χ3v) is 4.49. The number of ether oxygens (including phenoxy) is 1. The van der Waals surface area contributed by atoms with Crippen molar-refractivity contribution in [1.82, 2.24) is 0 Å². The minimum Gasteiger partial charge on any atom is -0.396 e. The van der Waals surface area contributed by atoms with Crippen molar-refractivity contribution in [2.24, 2.45) is 0 Å². The molecule has 1 aliphatic heterocycles. The van der Waals surface area contributed by atoms with E-state index < -0.39 is 0 Å². The second-order valence-electron chi connectivity index (χ2n) is 6.62. The quantitative estimate of drug-likeness (QED) is 0.227. The van der Waals surface area contributed by atoms with E-state index in [0.717, 1.165) is 49.2 Å². The van der Waals surface area contributed by atoms with E-state index in [9.17, 15) is 5.11 Å². The molecule has 1 aliphatic rings. The number of hydrogen-bond acceptors (Lipinski definition) is 4. The lowest BCUT2D eigenvalue weighted by Gasteiger charge is -2.14. The lowest BCUT2D eigenvalue weighted by Crippen LogP contribution is -2.08. The van der Waals surface area contributed by atoms with Crippen LogP contribution < -0.4 is 4.89 Å². The van der Waals surface area contributed by atoms with Gasteiger partial charge in [-0.2, -0.15) is 4.89 Å². The number of rotatable bonds is 15. The van der Waals surface area contributed by atoms with Crippen LogP contribution in [0.15, 0.2) is 18.2 Å². The Bertz CT molecular complexity index is 473. The lowest BCUT2D eigenvalue weighted by molar-refractivity contribution is -0.210. The highest BCUT2D eigenvalue weighted by molar-refractivity contribution is 5.40. The van der Waals surface area contributed by atoms with Crippen LogP contribution in [0.5, 0.6) is 5.75 Å². The molecule has 0 aliphatic carbocycles. The molecule has 1 heterocycles. The zero-order chi connectivity index (χ0) is 17.7. The van der Waals surface area contributed by atoms with Gasteiger partial charge in [-0.3, -0.25) is 0 Å². The summed E-state index contributed by atoms with van der Waals surface area (Å²) in [7, 11) is 0. The number of aliphatic hydroxyl groups excluding tert-OH is 1. The first-order valence-corrected chi connectivity index (χ1v) is 9.56. The molecule has 0 spiro atoms. The smallest absolute Gasteiger partial charge is 0.168 e. The van der Waals surface area contributed by atoms with Crippen LogP contribution >= 0.6 is 0 Å². The fourth-order valence-electron chi connectivity index (χ4n) is 2.95. The molecule has 1 unspecified atom stereocenters. The average molecular weight is 351 g/mol. The Morgan fingerprint density at radius 3 is 2.44 bits per heavy atom. The van der Waals surface area contributed by atoms with Crippen LogP contribution in [0.3, 0.4) is 0 Å². The van der Waals surface area contributed by atoms with Crippen molar-refractivity contribution in [2.45, 2.75) is 63.9 Å². The molecule has 1 N–H and O–H groups in total. The molecule has 0 saturated carbocycles. The van der Waals surface area contributed by atoms with Crippen LogP contribution in [0.4, 0.5) is 0 Å². The van der Waals surface area contributed by atoms with Crippen LogP contribution in [0.2, 0.25) is 0 Å². The Morgan fingerprint density at radius 1 is 1.04 bits per heavy atom. The Kier molecular flexibility index (Phi) is 9.89. The maximum Gasteiger partial charge on any atom is 0.168 e. The highest BCUT2D eigenvalue weighted by Gasteiger charge is 2.23. The Morgan fingerprint density at radius 2 is 1.76 bits per heavy atom. The van der Waals surface area contributed by atoms with Crippen LogP contribution in [0, 0.1) is 0 Å². The Hall–Kier alpha value is -1.14. The highest BCUT2D eigenvalue weighted by Crippen LogP contribution is 2.26. The first-order valence-electron chi connectivity index (χ1n) is 9.56. The summed E-state index contributed by atoms with van der Waals surface area (Å²) in [6.45, 7) is 1.37. The van der Waals surface area contributed by atoms with Crippen LogP contribution in [-0.2, 0) is 27.6 Å². The SMILES string of the molecule is [O]CCc1cccc(OOCC2CO2)c1CCCCCCCCCO. The van der Waals surface area contributed by atoms with E-state index in [2.05, 4.69) is 0 Å². The molecule has 1 aromatic carbocycles. The van der Waals surface area contributed by atoms with Crippen LogP contribution in [0.25, 0.3) is 0 Å². The highest BCUT2D eigenvalue weighted by atomic mass is 17.2. The summed E-state index contributed by atoms with van der Waals surface area (Å²) in [5, 5.41) is 19.8. The second kappa shape index (κ2) is 12.3. The fourth-order valence-corrected chi connectivity index (χ4v) is 2.95. The van der Waals surface area contributed by atoms with E-state index in [1.165, 1.54) is 25.7 Å². The number of benzene rings is 1. The van der Waals surface area contributed by atoms with Gasteiger partial charge in [-0.25, -0.2) is 5.11 Å². The van der Waals surface area contributed by atoms with E-state index in [0.29, 0.717) is 19.6 Å². The summed E-state index contributed by atoms with van der Waals surface area (Å²) in [5.74, 6) is 0.731. The molecule has 5 heteroatoms. The van der Waals surface area contributed by atoms with Crippen molar-refractivity contribution in [1.29, 1.82) is 0 Å². The molecule has 1 radical (unpaired) electrons. The first-order chi connectivity index (χ1) is 12.3. The maximum absolute atomic E-state index is 11.1. The summed E-state index contributed by atoms with van der Waals surface area (Å²) in [5.41, 5.74) is 2.18. The molecule has 1 fully saturated rings. The minimum atomic E-state index is -0.113. The molecule has 0 aromatic heterocycles. The van der Waals surface area contributed by atoms with Gasteiger partial charge in [0.2, 0.25) is 0 Å². The predicted octanol–water partition coefficient (Wildman–Crippen LogP) is 3.63. The zero-order valence-electron chi connectivity index (χ0n) is 15.1. The van der Waals surface area contributed by atoms with Crippen molar-refractivity contribution >= 4 is 0 Å². The van der Waals surface area contributed by atoms with E-state index in [1.807, 2.05) is 18.2 Å². The summed E-state index contributed by atoms with van der Waals surface area (Å²) in [4.78, 5) is 10.8. The molecule has 2 rings (SSSR count). The standard InChI is InChI=1S/C20H31O5/c21-13-7-5-3-1-2-4-6-10-19-17(12-14-22)9-8-11-20(19)25-24-16-18-15-23-18/h8-9,11,18,21H,1-7,10,12-16H2. The van der Waals surface area contributed by atoms with Gasteiger partial charge in [-0.15, -0.1) is 0 Å². The summed E-state index contributed by atoms with van der Waals surface area (Å²) in [6.07, 6.45) is 9.50. The van der Waals surface area contributed by atoms with Crippen molar-refractivity contribution < 1.29 is 24.7 Å². The second-order valence-corrected chi connectivity index (χ2v) is 6.62. The molecule has 1 saturated heterocycles. The van der Waals surface area contributed by atoms with Gasteiger partial charge in [0.15, 0.2) is 5.75 Å². The molecule has 0 bridgehead atoms. The van der Waals surface area contributed by atoms with E-state index >= 15 is 0 Å². The third kappa shape index (κ3) is 8.19. The van der Waals surface area contributed by atoms with Gasteiger partial charge in [0.25, 0.3) is 0 Å². The van der Waals surface area contributed by atoms with Gasteiger partial charge in [0, 0.05) is 12.2 Å².